The van der Waals surface area contributed by atoms with Crippen molar-refractivity contribution in [3.63, 3.8) is 0 Å². The Kier molecular flexibility index (Phi) is 4.01. The predicted molar refractivity (Wildman–Crippen MR) is 59.7 cm³/mol. The average molecular weight is 176 g/mol. The maximum Gasteiger partial charge on any atom is -0.00979 e. The molecule has 0 aromatic carbocycles. The van der Waals surface area contributed by atoms with Crippen LogP contribution in [-0.4, -0.2) is 0 Å². The summed E-state index contributed by atoms with van der Waals surface area (Å²) in [5.41, 5.74) is 4.71. The number of hydrogen-bond donors (Lipinski definition) is 0. The lowest BCUT2D eigenvalue weighted by Crippen LogP contribution is -1.77. The van der Waals surface area contributed by atoms with Crippen molar-refractivity contribution < 1.29 is 0 Å². The zero-order valence-electron chi connectivity index (χ0n) is 9.06. The van der Waals surface area contributed by atoms with Gasteiger partial charge in [0.05, 0.1) is 0 Å². The maximum atomic E-state index is 2.38. The highest BCUT2D eigenvalue weighted by Gasteiger charge is 2.09. The SMILES string of the molecule is CCC=CCC1=C(C)CC(CC)=C1. The summed E-state index contributed by atoms with van der Waals surface area (Å²) in [6.07, 6.45) is 11.6. The molecule has 0 saturated heterocycles. The fourth-order valence-corrected chi connectivity index (χ4v) is 1.71. The molecule has 0 fully saturated rings. The van der Waals surface area contributed by atoms with Crippen molar-refractivity contribution in [1.82, 2.24) is 0 Å². The van der Waals surface area contributed by atoms with E-state index in [1.54, 1.807) is 16.7 Å². The highest BCUT2D eigenvalue weighted by molar-refractivity contribution is 5.39. The molecule has 1 aliphatic carbocycles. The van der Waals surface area contributed by atoms with Crippen LogP contribution >= 0.6 is 0 Å². The van der Waals surface area contributed by atoms with Crippen molar-refractivity contribution in [2.24, 2.45) is 0 Å². The minimum atomic E-state index is 1.13. The summed E-state index contributed by atoms with van der Waals surface area (Å²) in [6.45, 7) is 6.68. The first-order valence-electron chi connectivity index (χ1n) is 5.31. The van der Waals surface area contributed by atoms with Gasteiger partial charge in [0.15, 0.2) is 0 Å². The number of rotatable bonds is 4. The molecule has 72 valence electrons. The van der Waals surface area contributed by atoms with Crippen LogP contribution in [0.3, 0.4) is 0 Å². The number of hydrogen-bond acceptors (Lipinski definition) is 0. The van der Waals surface area contributed by atoms with Gasteiger partial charge >= 0.3 is 0 Å². The molecule has 0 N–H and O–H groups in total. The molecule has 0 aromatic heterocycles. The molecule has 13 heavy (non-hydrogen) atoms. The zero-order chi connectivity index (χ0) is 9.68. The Hall–Kier alpha value is -0.780. The van der Waals surface area contributed by atoms with Gasteiger partial charge in [-0.3, -0.25) is 0 Å². The van der Waals surface area contributed by atoms with Gasteiger partial charge in [0.25, 0.3) is 0 Å². The molecule has 0 atom stereocenters. The second-order valence-electron chi connectivity index (χ2n) is 3.72. The topological polar surface area (TPSA) is 0 Å². The van der Waals surface area contributed by atoms with Crippen LogP contribution in [0.25, 0.3) is 0 Å². The first-order chi connectivity index (χ1) is 6.27. The molecule has 0 heterocycles. The van der Waals surface area contributed by atoms with Gasteiger partial charge in [0.1, 0.15) is 0 Å². The average Bonchev–Trinajstić information content (AvgIpc) is 2.48. The Morgan fingerprint density at radius 1 is 1.31 bits per heavy atom. The van der Waals surface area contributed by atoms with Gasteiger partial charge in [-0.05, 0) is 38.2 Å². The summed E-state index contributed by atoms with van der Waals surface area (Å²) in [6, 6.07) is 0. The van der Waals surface area contributed by atoms with Crippen LogP contribution in [0.1, 0.15) is 46.5 Å². The highest BCUT2D eigenvalue weighted by atomic mass is 14.1. The van der Waals surface area contributed by atoms with Crippen LogP contribution in [0.15, 0.2) is 34.9 Å². The first kappa shape index (κ1) is 10.3. The van der Waals surface area contributed by atoms with E-state index in [1.165, 1.54) is 12.8 Å². The lowest BCUT2D eigenvalue weighted by Gasteiger charge is -1.96. The van der Waals surface area contributed by atoms with Gasteiger partial charge < -0.3 is 0 Å². The Morgan fingerprint density at radius 3 is 2.62 bits per heavy atom. The van der Waals surface area contributed by atoms with Crippen molar-refractivity contribution in [2.45, 2.75) is 46.5 Å². The fraction of sp³-hybridized carbons (Fsp3) is 0.538. The Bertz CT molecular complexity index is 251. The zero-order valence-corrected chi connectivity index (χ0v) is 9.06. The smallest absolute Gasteiger partial charge is 0.00979 e. The van der Waals surface area contributed by atoms with Gasteiger partial charge in [-0.15, -0.1) is 0 Å². The molecule has 1 rings (SSSR count). The van der Waals surface area contributed by atoms with Crippen LogP contribution in [0.5, 0.6) is 0 Å². The van der Waals surface area contributed by atoms with Crippen LogP contribution in [0.4, 0.5) is 0 Å². The van der Waals surface area contributed by atoms with E-state index in [-0.39, 0.29) is 0 Å². The molecule has 0 unspecified atom stereocenters. The van der Waals surface area contributed by atoms with Gasteiger partial charge in [-0.25, -0.2) is 0 Å². The quantitative estimate of drug-likeness (QED) is 0.557. The fourth-order valence-electron chi connectivity index (χ4n) is 1.71. The van der Waals surface area contributed by atoms with Crippen molar-refractivity contribution >= 4 is 0 Å². The maximum absolute atomic E-state index is 2.38. The van der Waals surface area contributed by atoms with Crippen LogP contribution < -0.4 is 0 Å². The van der Waals surface area contributed by atoms with Crippen LogP contribution in [-0.2, 0) is 0 Å². The summed E-state index contributed by atoms with van der Waals surface area (Å²) in [5.74, 6) is 0. The number of allylic oxidation sites excluding steroid dienone is 6. The molecule has 0 heteroatoms. The summed E-state index contributed by atoms with van der Waals surface area (Å²) in [7, 11) is 0. The lowest BCUT2D eigenvalue weighted by molar-refractivity contribution is 1.01. The third-order valence-electron chi connectivity index (χ3n) is 2.61. The summed E-state index contributed by atoms with van der Waals surface area (Å²) >= 11 is 0. The van der Waals surface area contributed by atoms with E-state index in [9.17, 15) is 0 Å². The van der Waals surface area contributed by atoms with Crippen LogP contribution in [0.2, 0.25) is 0 Å². The van der Waals surface area contributed by atoms with Gasteiger partial charge in [-0.1, -0.05) is 43.2 Å². The second kappa shape index (κ2) is 5.06. The molecule has 1 aliphatic rings. The van der Waals surface area contributed by atoms with E-state index in [4.69, 9.17) is 0 Å². The monoisotopic (exact) mass is 176 g/mol. The Balaban J connectivity index is 2.53. The van der Waals surface area contributed by atoms with Crippen molar-refractivity contribution in [1.29, 1.82) is 0 Å². The molecule has 0 aromatic rings. The van der Waals surface area contributed by atoms with E-state index in [1.807, 2.05) is 0 Å². The van der Waals surface area contributed by atoms with E-state index >= 15 is 0 Å². The Morgan fingerprint density at radius 2 is 2.08 bits per heavy atom. The molecule has 0 amide bonds. The standard InChI is InChI=1S/C13H20/c1-4-6-7-8-13-10-12(5-2)9-11(13)3/h6-7,10H,4-5,8-9H2,1-3H3. The van der Waals surface area contributed by atoms with E-state index in [0.717, 1.165) is 12.8 Å². The van der Waals surface area contributed by atoms with Gasteiger partial charge in [-0.2, -0.15) is 0 Å². The third-order valence-corrected chi connectivity index (χ3v) is 2.61. The van der Waals surface area contributed by atoms with Gasteiger partial charge in [0, 0.05) is 0 Å². The minimum Gasteiger partial charge on any atom is -0.0885 e. The first-order valence-corrected chi connectivity index (χ1v) is 5.31. The lowest BCUT2D eigenvalue weighted by atomic mass is 10.1. The largest absolute Gasteiger partial charge is 0.0885 e. The van der Waals surface area contributed by atoms with Crippen LogP contribution in [0, 0.1) is 0 Å². The summed E-state index contributed by atoms with van der Waals surface area (Å²) in [4.78, 5) is 0. The van der Waals surface area contributed by atoms with Crippen molar-refractivity contribution in [3.8, 4) is 0 Å². The van der Waals surface area contributed by atoms with Crippen molar-refractivity contribution in [2.75, 3.05) is 0 Å². The third kappa shape index (κ3) is 2.87. The normalized spacial score (nSPS) is 17.3. The molecule has 0 radical (unpaired) electrons. The molecule has 0 spiro atoms. The Labute approximate surface area is 82.0 Å². The molecular formula is C13H20. The summed E-state index contributed by atoms with van der Waals surface area (Å²) < 4.78 is 0. The summed E-state index contributed by atoms with van der Waals surface area (Å²) in [5, 5.41) is 0. The van der Waals surface area contributed by atoms with Crippen molar-refractivity contribution in [3.05, 3.63) is 34.9 Å². The highest BCUT2D eigenvalue weighted by Crippen LogP contribution is 2.28. The predicted octanol–water partition coefficient (Wildman–Crippen LogP) is 4.40. The van der Waals surface area contributed by atoms with E-state index in [2.05, 4.69) is 39.0 Å². The molecular weight excluding hydrogens is 156 g/mol. The van der Waals surface area contributed by atoms with E-state index < -0.39 is 0 Å². The molecule has 0 nitrogen and oxygen atoms in total. The second-order valence-corrected chi connectivity index (χ2v) is 3.72. The molecule has 0 aliphatic heterocycles. The molecule has 0 saturated carbocycles. The van der Waals surface area contributed by atoms with E-state index in [0.29, 0.717) is 0 Å². The van der Waals surface area contributed by atoms with Gasteiger partial charge in [0.2, 0.25) is 0 Å². The molecule has 0 bridgehead atoms. The minimum absolute atomic E-state index is 1.13.